The Morgan fingerprint density at radius 1 is 1.64 bits per heavy atom. The zero-order valence-electron chi connectivity index (χ0n) is 5.79. The Balaban J connectivity index is 3.46. The Labute approximate surface area is 92.6 Å². The molecule has 11 heavy (non-hydrogen) atoms. The average molecular weight is 346 g/mol. The van der Waals surface area contributed by atoms with Crippen LogP contribution in [0.3, 0.4) is 0 Å². The van der Waals surface area contributed by atoms with E-state index in [1.165, 1.54) is 0 Å². The van der Waals surface area contributed by atoms with E-state index in [1.807, 2.05) is 6.92 Å². The fraction of sp³-hybridized carbons (Fsp3) is 0.143. The maximum atomic E-state index is 5.87. The maximum absolute atomic E-state index is 5.87. The van der Waals surface area contributed by atoms with Crippen LogP contribution in [-0.2, 0) is 0 Å². The van der Waals surface area contributed by atoms with Gasteiger partial charge in [0.25, 0.3) is 0 Å². The number of nitrogen functional groups attached to an aromatic ring is 1. The van der Waals surface area contributed by atoms with Crippen LogP contribution in [-0.4, -0.2) is 0 Å². The molecule has 1 aromatic carbocycles. The molecular formula is C7H6BrClIN. The lowest BCUT2D eigenvalue weighted by Crippen LogP contribution is -1.92. The third-order valence-corrected chi connectivity index (χ3v) is 4.92. The highest BCUT2D eigenvalue weighted by Crippen LogP contribution is 2.33. The van der Waals surface area contributed by atoms with E-state index in [9.17, 15) is 0 Å². The summed E-state index contributed by atoms with van der Waals surface area (Å²) in [5.74, 6) is 0. The van der Waals surface area contributed by atoms with Gasteiger partial charge in [-0.2, -0.15) is 0 Å². The normalized spacial score (nSPS) is 10.2. The predicted octanol–water partition coefficient (Wildman–Crippen LogP) is 3.60. The third-order valence-electron chi connectivity index (χ3n) is 1.45. The summed E-state index contributed by atoms with van der Waals surface area (Å²) in [6, 6.07) is 1.77. The van der Waals surface area contributed by atoms with Crippen molar-refractivity contribution in [2.75, 3.05) is 5.73 Å². The molecule has 0 aromatic heterocycles. The van der Waals surface area contributed by atoms with Crippen LogP contribution in [0.15, 0.2) is 10.5 Å². The van der Waals surface area contributed by atoms with Crippen LogP contribution in [0.5, 0.6) is 0 Å². The molecule has 0 saturated heterocycles. The molecule has 0 aliphatic carbocycles. The summed E-state index contributed by atoms with van der Waals surface area (Å²) >= 11 is 11.5. The topological polar surface area (TPSA) is 26.0 Å². The monoisotopic (exact) mass is 345 g/mol. The number of hydrogen-bond acceptors (Lipinski definition) is 1. The molecule has 0 heterocycles. The van der Waals surface area contributed by atoms with E-state index in [-0.39, 0.29) is 0 Å². The lowest BCUT2D eigenvalue weighted by Gasteiger charge is -2.06. The summed E-state index contributed by atoms with van der Waals surface area (Å²) in [5.41, 5.74) is 7.44. The molecule has 0 bridgehead atoms. The van der Waals surface area contributed by atoms with E-state index in [1.54, 1.807) is 6.07 Å². The highest BCUT2D eigenvalue weighted by molar-refractivity contribution is 14.1. The van der Waals surface area contributed by atoms with Crippen molar-refractivity contribution in [1.29, 1.82) is 0 Å². The van der Waals surface area contributed by atoms with Gasteiger partial charge in [0.15, 0.2) is 0 Å². The van der Waals surface area contributed by atoms with Crippen molar-refractivity contribution in [1.82, 2.24) is 0 Å². The van der Waals surface area contributed by atoms with Crippen molar-refractivity contribution in [3.05, 3.63) is 24.7 Å². The molecule has 0 radical (unpaired) electrons. The zero-order chi connectivity index (χ0) is 8.59. The first-order valence-electron chi connectivity index (χ1n) is 2.93. The van der Waals surface area contributed by atoms with E-state index >= 15 is 0 Å². The van der Waals surface area contributed by atoms with E-state index in [4.69, 9.17) is 17.3 Å². The van der Waals surface area contributed by atoms with Crippen molar-refractivity contribution < 1.29 is 0 Å². The van der Waals surface area contributed by atoms with Gasteiger partial charge in [0, 0.05) is 13.7 Å². The van der Waals surface area contributed by atoms with Crippen molar-refractivity contribution in [2.45, 2.75) is 6.92 Å². The van der Waals surface area contributed by atoms with Gasteiger partial charge in [0.1, 0.15) is 0 Å². The molecule has 1 aromatic rings. The van der Waals surface area contributed by atoms with Gasteiger partial charge in [-0.05, 0) is 57.1 Å². The van der Waals surface area contributed by atoms with E-state index in [2.05, 4.69) is 38.5 Å². The number of nitrogens with two attached hydrogens (primary N) is 1. The van der Waals surface area contributed by atoms with Gasteiger partial charge in [-0.15, -0.1) is 0 Å². The second-order valence-corrected chi connectivity index (χ2v) is 4.48. The molecule has 1 rings (SSSR count). The second kappa shape index (κ2) is 3.49. The first kappa shape index (κ1) is 9.61. The molecule has 0 atom stereocenters. The van der Waals surface area contributed by atoms with Crippen LogP contribution in [0.1, 0.15) is 5.56 Å². The highest BCUT2D eigenvalue weighted by Gasteiger charge is 2.07. The Morgan fingerprint density at radius 3 is 2.73 bits per heavy atom. The van der Waals surface area contributed by atoms with Crippen LogP contribution in [0.2, 0.25) is 5.02 Å². The standard InChI is InChI=1S/C7H6BrClIN/c1-3-5(11)2-4(9)7(10)6(3)8/h2H,11H2,1H3. The summed E-state index contributed by atoms with van der Waals surface area (Å²) in [7, 11) is 0. The summed E-state index contributed by atoms with van der Waals surface area (Å²) in [5, 5.41) is 0.695. The number of hydrogen-bond donors (Lipinski definition) is 1. The van der Waals surface area contributed by atoms with Crippen LogP contribution < -0.4 is 5.73 Å². The average Bonchev–Trinajstić information content (AvgIpc) is 1.97. The molecule has 0 aliphatic rings. The van der Waals surface area contributed by atoms with Crippen molar-refractivity contribution >= 4 is 55.8 Å². The van der Waals surface area contributed by atoms with E-state index < -0.39 is 0 Å². The molecule has 60 valence electrons. The minimum Gasteiger partial charge on any atom is -0.398 e. The maximum Gasteiger partial charge on any atom is 0.0571 e. The highest BCUT2D eigenvalue weighted by atomic mass is 127. The fourth-order valence-electron chi connectivity index (χ4n) is 0.704. The minimum absolute atomic E-state index is 0.695. The van der Waals surface area contributed by atoms with Gasteiger partial charge >= 0.3 is 0 Å². The number of rotatable bonds is 0. The van der Waals surface area contributed by atoms with E-state index in [0.29, 0.717) is 5.02 Å². The second-order valence-electron chi connectivity index (χ2n) is 2.20. The summed E-state index contributed by atoms with van der Waals surface area (Å²) < 4.78 is 2.00. The van der Waals surface area contributed by atoms with Crippen molar-refractivity contribution in [3.63, 3.8) is 0 Å². The Hall–Kier alpha value is 0.520. The van der Waals surface area contributed by atoms with Crippen LogP contribution in [0.4, 0.5) is 5.69 Å². The lowest BCUT2D eigenvalue weighted by molar-refractivity contribution is 1.41. The fourth-order valence-corrected chi connectivity index (χ4v) is 2.03. The van der Waals surface area contributed by atoms with Crippen molar-refractivity contribution in [3.8, 4) is 0 Å². The lowest BCUT2D eigenvalue weighted by atomic mass is 10.2. The summed E-state index contributed by atoms with van der Waals surface area (Å²) in [6.07, 6.45) is 0. The van der Waals surface area contributed by atoms with Gasteiger partial charge in [-0.3, -0.25) is 0 Å². The van der Waals surface area contributed by atoms with Gasteiger partial charge < -0.3 is 5.73 Å². The summed E-state index contributed by atoms with van der Waals surface area (Å²) in [6.45, 7) is 1.96. The van der Waals surface area contributed by atoms with Gasteiger partial charge in [-0.1, -0.05) is 11.6 Å². The van der Waals surface area contributed by atoms with E-state index in [0.717, 1.165) is 19.3 Å². The molecule has 0 saturated carbocycles. The number of benzene rings is 1. The molecular weight excluding hydrogens is 340 g/mol. The molecule has 0 spiro atoms. The van der Waals surface area contributed by atoms with Gasteiger partial charge in [0.2, 0.25) is 0 Å². The first-order chi connectivity index (χ1) is 5.04. The van der Waals surface area contributed by atoms with Gasteiger partial charge in [0.05, 0.1) is 5.02 Å². The molecule has 2 N–H and O–H groups in total. The molecule has 0 aliphatic heterocycles. The number of anilines is 1. The van der Waals surface area contributed by atoms with Crippen molar-refractivity contribution in [2.24, 2.45) is 0 Å². The third kappa shape index (κ3) is 1.81. The first-order valence-corrected chi connectivity index (χ1v) is 5.18. The van der Waals surface area contributed by atoms with Crippen LogP contribution in [0, 0.1) is 10.5 Å². The minimum atomic E-state index is 0.695. The SMILES string of the molecule is Cc1c(N)cc(Cl)c(I)c1Br. The van der Waals surface area contributed by atoms with Crippen LogP contribution >= 0.6 is 50.1 Å². The Morgan fingerprint density at radius 2 is 2.18 bits per heavy atom. The smallest absolute Gasteiger partial charge is 0.0571 e. The largest absolute Gasteiger partial charge is 0.398 e. The van der Waals surface area contributed by atoms with Crippen LogP contribution in [0.25, 0.3) is 0 Å². The number of halogens is 3. The summed E-state index contributed by atoms with van der Waals surface area (Å²) in [4.78, 5) is 0. The zero-order valence-corrected chi connectivity index (χ0v) is 10.3. The Bertz CT molecular complexity index is 275. The Kier molecular flexibility index (Phi) is 3.05. The molecule has 1 nitrogen and oxygen atoms in total. The molecule has 0 unspecified atom stereocenters. The quantitative estimate of drug-likeness (QED) is 0.434. The van der Waals surface area contributed by atoms with Gasteiger partial charge in [-0.25, -0.2) is 0 Å². The molecule has 0 fully saturated rings. The molecule has 0 amide bonds. The molecule has 4 heteroatoms. The predicted molar refractivity (Wildman–Crippen MR) is 61.0 cm³/mol.